The van der Waals surface area contributed by atoms with Crippen LogP contribution in [0.15, 0.2) is 0 Å². The Morgan fingerprint density at radius 1 is 1.00 bits per heavy atom. The van der Waals surface area contributed by atoms with Crippen LogP contribution in [0.1, 0.15) is 19.8 Å². The van der Waals surface area contributed by atoms with E-state index in [2.05, 4.69) is 0 Å². The lowest BCUT2D eigenvalue weighted by molar-refractivity contribution is -0.107. The lowest BCUT2D eigenvalue weighted by Gasteiger charge is -2.17. The topological polar surface area (TPSA) is 81.0 Å². The Hall–Kier alpha value is -0.490. The molecule has 0 aliphatic rings. The molecule has 0 aromatic heterocycles. The van der Waals surface area contributed by atoms with Crippen molar-refractivity contribution >= 4 is 6.29 Å². The fourth-order valence-electron chi connectivity index (χ4n) is 0.878. The van der Waals surface area contributed by atoms with Crippen LogP contribution in [0.25, 0.3) is 0 Å². The van der Waals surface area contributed by atoms with Crippen LogP contribution in [-0.2, 0) is 4.79 Å². The smallest absolute Gasteiger partial charge is 0.119 e. The zero-order valence-corrected chi connectivity index (χ0v) is 9.43. The fourth-order valence-corrected chi connectivity index (χ4v) is 0.878. The van der Waals surface area contributed by atoms with E-state index in [1.165, 1.54) is 0 Å². The Kier molecular flexibility index (Phi) is 18.0. The van der Waals surface area contributed by atoms with Crippen molar-refractivity contribution in [3.8, 4) is 0 Å². The number of hydrogen-bond donors (Lipinski definition) is 3. The number of hydrogen-bond acceptors (Lipinski definition) is 5. The average molecular weight is 221 g/mol. The Balaban J connectivity index is 0. The normalized spacial score (nSPS) is 9.67. The molecular formula is C10H23NO4. The SMILES string of the molecule is CCCC=O.OCCN(CCO)CCO. The highest BCUT2D eigenvalue weighted by Crippen LogP contribution is 1.84. The van der Waals surface area contributed by atoms with E-state index in [-0.39, 0.29) is 19.8 Å². The van der Waals surface area contributed by atoms with Gasteiger partial charge in [0.25, 0.3) is 0 Å². The lowest BCUT2D eigenvalue weighted by atomic mass is 10.4. The predicted octanol–water partition coefficient (Wildman–Crippen LogP) is -0.749. The number of nitrogens with zero attached hydrogens (tertiary/aromatic N) is 1. The first kappa shape index (κ1) is 16.9. The molecule has 0 aromatic carbocycles. The number of rotatable bonds is 8. The molecule has 0 spiro atoms. The summed E-state index contributed by atoms with van der Waals surface area (Å²) in [5.41, 5.74) is 0. The first-order chi connectivity index (χ1) is 7.26. The molecule has 0 aromatic rings. The van der Waals surface area contributed by atoms with Crippen LogP contribution in [0.3, 0.4) is 0 Å². The van der Waals surface area contributed by atoms with Crippen molar-refractivity contribution in [3.05, 3.63) is 0 Å². The highest BCUT2D eigenvalue weighted by molar-refractivity contribution is 5.48. The van der Waals surface area contributed by atoms with Gasteiger partial charge >= 0.3 is 0 Å². The summed E-state index contributed by atoms with van der Waals surface area (Å²) in [5, 5.41) is 25.5. The summed E-state index contributed by atoms with van der Waals surface area (Å²) in [6.07, 6.45) is 2.61. The van der Waals surface area contributed by atoms with Gasteiger partial charge in [-0.2, -0.15) is 0 Å². The molecule has 0 rings (SSSR count). The van der Waals surface area contributed by atoms with Gasteiger partial charge in [0, 0.05) is 26.1 Å². The van der Waals surface area contributed by atoms with Crippen molar-refractivity contribution < 1.29 is 20.1 Å². The van der Waals surface area contributed by atoms with Crippen molar-refractivity contribution in [1.29, 1.82) is 0 Å². The molecule has 0 unspecified atom stereocenters. The average Bonchev–Trinajstić information content (AvgIpc) is 2.21. The van der Waals surface area contributed by atoms with Crippen LogP contribution in [0.5, 0.6) is 0 Å². The molecule has 5 heteroatoms. The molecule has 0 atom stereocenters. The van der Waals surface area contributed by atoms with E-state index in [1.807, 2.05) is 6.92 Å². The maximum atomic E-state index is 9.40. The molecule has 3 N–H and O–H groups in total. The van der Waals surface area contributed by atoms with Gasteiger partial charge < -0.3 is 20.1 Å². The van der Waals surface area contributed by atoms with Gasteiger partial charge in [0.2, 0.25) is 0 Å². The second kappa shape index (κ2) is 16.0. The Morgan fingerprint density at radius 3 is 1.53 bits per heavy atom. The summed E-state index contributed by atoms with van der Waals surface area (Å²) in [7, 11) is 0. The van der Waals surface area contributed by atoms with Crippen LogP contribution in [-0.4, -0.2) is 66.0 Å². The first-order valence-electron chi connectivity index (χ1n) is 5.25. The molecule has 5 nitrogen and oxygen atoms in total. The third kappa shape index (κ3) is 16.2. The molecule has 0 saturated carbocycles. The summed E-state index contributed by atoms with van der Waals surface area (Å²) < 4.78 is 0. The molecule has 0 fully saturated rings. The van der Waals surface area contributed by atoms with E-state index in [0.717, 1.165) is 12.7 Å². The van der Waals surface area contributed by atoms with Gasteiger partial charge in [-0.15, -0.1) is 0 Å². The van der Waals surface area contributed by atoms with Crippen LogP contribution in [0.2, 0.25) is 0 Å². The van der Waals surface area contributed by atoms with Crippen LogP contribution >= 0.6 is 0 Å². The van der Waals surface area contributed by atoms with Gasteiger partial charge in [-0.3, -0.25) is 4.90 Å². The summed E-state index contributed by atoms with van der Waals surface area (Å²) in [6, 6.07) is 0. The maximum Gasteiger partial charge on any atom is 0.119 e. The molecule has 92 valence electrons. The van der Waals surface area contributed by atoms with Crippen molar-refractivity contribution in [2.75, 3.05) is 39.5 Å². The molecule has 0 saturated heterocycles. The molecule has 0 aliphatic carbocycles. The standard InChI is InChI=1S/C6H15NO3.C4H8O/c8-4-1-7(2-5-9)3-6-10;1-2-3-4-5/h8-10H,1-6H2;4H,2-3H2,1H3. The van der Waals surface area contributed by atoms with E-state index in [9.17, 15) is 4.79 Å². The molecule has 0 radical (unpaired) electrons. The number of aliphatic hydroxyl groups excluding tert-OH is 3. The Bertz CT molecular complexity index is 108. The van der Waals surface area contributed by atoms with Crippen molar-refractivity contribution in [2.45, 2.75) is 19.8 Å². The highest BCUT2D eigenvalue weighted by Gasteiger charge is 2.00. The zero-order chi connectivity index (χ0) is 11.9. The van der Waals surface area contributed by atoms with Gasteiger partial charge in [0.15, 0.2) is 0 Å². The van der Waals surface area contributed by atoms with Gasteiger partial charge in [-0.05, 0) is 6.42 Å². The summed E-state index contributed by atoms with van der Waals surface area (Å²) in [4.78, 5) is 11.2. The lowest BCUT2D eigenvalue weighted by Crippen LogP contribution is -2.32. The number of unbranched alkanes of at least 4 members (excludes halogenated alkanes) is 1. The number of carbonyl (C=O) groups is 1. The second-order valence-corrected chi connectivity index (χ2v) is 2.97. The zero-order valence-electron chi connectivity index (χ0n) is 9.43. The molecule has 0 heterocycles. The monoisotopic (exact) mass is 221 g/mol. The second-order valence-electron chi connectivity index (χ2n) is 2.97. The highest BCUT2D eigenvalue weighted by atomic mass is 16.3. The van der Waals surface area contributed by atoms with Crippen LogP contribution < -0.4 is 0 Å². The van der Waals surface area contributed by atoms with E-state index >= 15 is 0 Å². The predicted molar refractivity (Wildman–Crippen MR) is 58.7 cm³/mol. The third-order valence-corrected chi connectivity index (χ3v) is 1.66. The van der Waals surface area contributed by atoms with Crippen molar-refractivity contribution in [3.63, 3.8) is 0 Å². The molecule has 0 bridgehead atoms. The van der Waals surface area contributed by atoms with Gasteiger partial charge in [0.1, 0.15) is 6.29 Å². The summed E-state index contributed by atoms with van der Waals surface area (Å²) in [5.74, 6) is 0. The third-order valence-electron chi connectivity index (χ3n) is 1.66. The fraction of sp³-hybridized carbons (Fsp3) is 0.900. The van der Waals surface area contributed by atoms with Crippen LogP contribution in [0, 0.1) is 0 Å². The van der Waals surface area contributed by atoms with Gasteiger partial charge in [-0.1, -0.05) is 6.92 Å². The van der Waals surface area contributed by atoms with E-state index < -0.39 is 0 Å². The Morgan fingerprint density at radius 2 is 1.40 bits per heavy atom. The van der Waals surface area contributed by atoms with Crippen molar-refractivity contribution in [1.82, 2.24) is 4.90 Å². The van der Waals surface area contributed by atoms with E-state index in [1.54, 1.807) is 4.90 Å². The molecular weight excluding hydrogens is 198 g/mol. The van der Waals surface area contributed by atoms with E-state index in [0.29, 0.717) is 26.1 Å². The maximum absolute atomic E-state index is 9.40. The largest absolute Gasteiger partial charge is 0.395 e. The number of aldehydes is 1. The van der Waals surface area contributed by atoms with Crippen molar-refractivity contribution in [2.24, 2.45) is 0 Å². The quantitative estimate of drug-likeness (QED) is 0.470. The van der Waals surface area contributed by atoms with Crippen LogP contribution in [0.4, 0.5) is 0 Å². The molecule has 0 aliphatic heterocycles. The number of aliphatic hydroxyl groups is 3. The van der Waals surface area contributed by atoms with Gasteiger partial charge in [0.05, 0.1) is 19.8 Å². The first-order valence-corrected chi connectivity index (χ1v) is 5.25. The molecule has 15 heavy (non-hydrogen) atoms. The minimum atomic E-state index is 0.0694. The Labute approximate surface area is 91.3 Å². The van der Waals surface area contributed by atoms with E-state index in [4.69, 9.17) is 15.3 Å². The summed E-state index contributed by atoms with van der Waals surface area (Å²) in [6.45, 7) is 3.73. The van der Waals surface area contributed by atoms with Gasteiger partial charge in [-0.25, -0.2) is 0 Å². The minimum absolute atomic E-state index is 0.0694. The number of carbonyl (C=O) groups excluding carboxylic acids is 1. The molecule has 0 amide bonds. The minimum Gasteiger partial charge on any atom is -0.395 e. The summed E-state index contributed by atoms with van der Waals surface area (Å²) >= 11 is 0.